The average molecular weight is 432 g/mol. The summed E-state index contributed by atoms with van der Waals surface area (Å²) in [5.74, 6) is 1.59. The van der Waals surface area contributed by atoms with E-state index in [4.69, 9.17) is 4.74 Å². The van der Waals surface area contributed by atoms with Gasteiger partial charge in [-0.15, -0.1) is 10.2 Å². The van der Waals surface area contributed by atoms with Crippen LogP contribution in [0, 0.1) is 0 Å². The Bertz CT molecular complexity index is 1100. The van der Waals surface area contributed by atoms with Crippen molar-refractivity contribution in [3.8, 4) is 28.5 Å². The Hall–Kier alpha value is -3.55. The van der Waals surface area contributed by atoms with Crippen LogP contribution in [0.3, 0.4) is 0 Å². The summed E-state index contributed by atoms with van der Waals surface area (Å²) < 4.78 is 7.68. The number of tetrazole rings is 1. The molecule has 0 aliphatic heterocycles. The average Bonchev–Trinajstić information content (AvgIpc) is 3.49. The van der Waals surface area contributed by atoms with Gasteiger partial charge < -0.3 is 4.74 Å². The first-order valence-electron chi connectivity index (χ1n) is 11.3. The van der Waals surface area contributed by atoms with Gasteiger partial charge in [-0.2, -0.15) is 4.98 Å². The highest BCUT2D eigenvalue weighted by molar-refractivity contribution is 5.80. The highest BCUT2D eigenvalue weighted by atomic mass is 16.5. The molecule has 0 radical (unpaired) electrons. The molecule has 0 saturated heterocycles. The molecular formula is C24H29N7O. The Balaban J connectivity index is 1.54. The van der Waals surface area contributed by atoms with E-state index in [1.807, 2.05) is 22.9 Å². The van der Waals surface area contributed by atoms with Gasteiger partial charge in [0.15, 0.2) is 5.82 Å². The number of H-pyrrole nitrogens is 1. The Morgan fingerprint density at radius 3 is 2.47 bits per heavy atom. The molecule has 0 unspecified atom stereocenters. The third-order valence-corrected chi connectivity index (χ3v) is 5.29. The molecule has 166 valence electrons. The zero-order valence-electron chi connectivity index (χ0n) is 18.7. The van der Waals surface area contributed by atoms with E-state index in [-0.39, 0.29) is 0 Å². The molecule has 0 spiro atoms. The Morgan fingerprint density at radius 1 is 0.938 bits per heavy atom. The molecule has 0 atom stereocenters. The van der Waals surface area contributed by atoms with Crippen LogP contribution in [-0.2, 0) is 13.0 Å². The van der Waals surface area contributed by atoms with Gasteiger partial charge >= 0.3 is 6.01 Å². The number of unbranched alkanes of at least 4 members (excludes halogenated alkanes) is 2. The van der Waals surface area contributed by atoms with Crippen molar-refractivity contribution in [2.75, 3.05) is 6.61 Å². The first-order valence-corrected chi connectivity index (χ1v) is 11.3. The molecule has 2 aromatic heterocycles. The number of hydrogen-bond donors (Lipinski definition) is 1. The Morgan fingerprint density at radius 2 is 1.75 bits per heavy atom. The summed E-state index contributed by atoms with van der Waals surface area (Å²) in [4.78, 5) is 4.65. The summed E-state index contributed by atoms with van der Waals surface area (Å²) in [6, 6.07) is 17.1. The molecule has 4 aromatic rings. The zero-order valence-corrected chi connectivity index (χ0v) is 18.7. The highest BCUT2D eigenvalue weighted by Gasteiger charge is 2.13. The maximum Gasteiger partial charge on any atom is 0.335 e. The molecular weight excluding hydrogens is 402 g/mol. The van der Waals surface area contributed by atoms with Gasteiger partial charge in [0.2, 0.25) is 0 Å². The fourth-order valence-corrected chi connectivity index (χ4v) is 3.63. The predicted molar refractivity (Wildman–Crippen MR) is 123 cm³/mol. The maximum absolute atomic E-state index is 5.68. The summed E-state index contributed by atoms with van der Waals surface area (Å²) in [6.07, 6.45) is 5.09. The topological polar surface area (TPSA) is 94.4 Å². The van der Waals surface area contributed by atoms with Gasteiger partial charge in [0.25, 0.3) is 0 Å². The van der Waals surface area contributed by atoms with Crippen LogP contribution in [0.1, 0.15) is 50.9 Å². The van der Waals surface area contributed by atoms with Crippen LogP contribution >= 0.6 is 0 Å². The fraction of sp³-hybridized carbons (Fsp3) is 0.375. The number of aromatic amines is 1. The van der Waals surface area contributed by atoms with Crippen molar-refractivity contribution in [1.29, 1.82) is 0 Å². The standard InChI is InChI=1S/C24H29N7O/c1-3-5-8-15-31-22(25-24(28-31)32-16-4-2)17-18-11-13-19(14-12-18)20-9-6-7-10-21(20)23-26-29-30-27-23/h6-7,9-14H,3-5,8,15-17H2,1-2H3,(H,26,27,29,30). The second-order valence-electron chi connectivity index (χ2n) is 7.76. The van der Waals surface area contributed by atoms with E-state index in [0.717, 1.165) is 41.9 Å². The van der Waals surface area contributed by atoms with Crippen molar-refractivity contribution in [2.45, 2.75) is 52.5 Å². The molecule has 0 saturated carbocycles. The Kier molecular flexibility index (Phi) is 7.22. The lowest BCUT2D eigenvalue weighted by Crippen LogP contribution is -2.07. The Labute approximate surface area is 188 Å². The molecule has 0 fully saturated rings. The minimum atomic E-state index is 0.476. The summed E-state index contributed by atoms with van der Waals surface area (Å²) in [6.45, 7) is 5.78. The van der Waals surface area contributed by atoms with E-state index < -0.39 is 0 Å². The maximum atomic E-state index is 5.68. The van der Waals surface area contributed by atoms with E-state index in [0.29, 0.717) is 24.9 Å². The molecule has 32 heavy (non-hydrogen) atoms. The van der Waals surface area contributed by atoms with Crippen LogP contribution in [-0.4, -0.2) is 42.0 Å². The number of aromatic nitrogens is 7. The number of benzene rings is 2. The number of rotatable bonds is 11. The first kappa shape index (κ1) is 21.7. The van der Waals surface area contributed by atoms with E-state index >= 15 is 0 Å². The molecule has 4 rings (SSSR count). The van der Waals surface area contributed by atoms with E-state index in [1.54, 1.807) is 0 Å². The minimum Gasteiger partial charge on any atom is -0.462 e. The molecule has 8 nitrogen and oxygen atoms in total. The summed E-state index contributed by atoms with van der Waals surface area (Å²) in [5.41, 5.74) is 4.34. The molecule has 0 aliphatic rings. The van der Waals surface area contributed by atoms with Crippen LogP contribution < -0.4 is 4.74 Å². The van der Waals surface area contributed by atoms with Gasteiger partial charge in [0.05, 0.1) is 6.61 Å². The third-order valence-electron chi connectivity index (χ3n) is 5.29. The van der Waals surface area contributed by atoms with Crippen molar-refractivity contribution in [3.05, 3.63) is 59.9 Å². The second-order valence-corrected chi connectivity index (χ2v) is 7.76. The van der Waals surface area contributed by atoms with Gasteiger partial charge in [-0.05, 0) is 40.0 Å². The van der Waals surface area contributed by atoms with Crippen molar-refractivity contribution >= 4 is 0 Å². The third kappa shape index (κ3) is 5.19. The number of hydrogen-bond acceptors (Lipinski definition) is 6. The van der Waals surface area contributed by atoms with E-state index in [2.05, 4.69) is 74.9 Å². The molecule has 0 aliphatic carbocycles. The lowest BCUT2D eigenvalue weighted by atomic mass is 9.98. The van der Waals surface area contributed by atoms with E-state index in [9.17, 15) is 0 Å². The monoisotopic (exact) mass is 431 g/mol. The van der Waals surface area contributed by atoms with Gasteiger partial charge in [-0.1, -0.05) is 75.2 Å². The fourth-order valence-electron chi connectivity index (χ4n) is 3.63. The van der Waals surface area contributed by atoms with Crippen LogP contribution in [0.4, 0.5) is 0 Å². The van der Waals surface area contributed by atoms with Crippen LogP contribution in [0.25, 0.3) is 22.5 Å². The lowest BCUT2D eigenvalue weighted by Gasteiger charge is -2.09. The molecule has 1 N–H and O–H groups in total. The normalized spacial score (nSPS) is 11.1. The first-order chi connectivity index (χ1) is 15.8. The predicted octanol–water partition coefficient (Wildman–Crippen LogP) is 4.70. The van der Waals surface area contributed by atoms with E-state index in [1.165, 1.54) is 18.4 Å². The van der Waals surface area contributed by atoms with Crippen molar-refractivity contribution in [2.24, 2.45) is 0 Å². The number of aryl methyl sites for hydroxylation is 1. The largest absolute Gasteiger partial charge is 0.462 e. The van der Waals surface area contributed by atoms with Crippen molar-refractivity contribution < 1.29 is 4.74 Å². The number of nitrogens with zero attached hydrogens (tertiary/aromatic N) is 6. The molecule has 8 heteroatoms. The van der Waals surface area contributed by atoms with Crippen LogP contribution in [0.2, 0.25) is 0 Å². The second kappa shape index (κ2) is 10.7. The van der Waals surface area contributed by atoms with Crippen LogP contribution in [0.15, 0.2) is 48.5 Å². The lowest BCUT2D eigenvalue weighted by molar-refractivity contribution is 0.290. The SMILES string of the molecule is CCCCCn1nc(OCCC)nc1Cc1ccc(-c2ccccc2-c2nnn[nH]2)cc1. The summed E-state index contributed by atoms with van der Waals surface area (Å²) >= 11 is 0. The zero-order chi connectivity index (χ0) is 22.2. The summed E-state index contributed by atoms with van der Waals surface area (Å²) in [7, 11) is 0. The van der Waals surface area contributed by atoms with Gasteiger partial charge in [-0.3, -0.25) is 0 Å². The number of nitrogens with one attached hydrogen (secondary N) is 1. The number of ether oxygens (including phenoxy) is 1. The van der Waals surface area contributed by atoms with Gasteiger partial charge in [0, 0.05) is 18.5 Å². The van der Waals surface area contributed by atoms with Gasteiger partial charge in [-0.25, -0.2) is 9.78 Å². The quantitative estimate of drug-likeness (QED) is 0.346. The molecule has 0 bridgehead atoms. The highest BCUT2D eigenvalue weighted by Crippen LogP contribution is 2.30. The van der Waals surface area contributed by atoms with Gasteiger partial charge in [0.1, 0.15) is 5.82 Å². The van der Waals surface area contributed by atoms with Crippen molar-refractivity contribution in [1.82, 2.24) is 35.4 Å². The molecule has 0 amide bonds. The smallest absolute Gasteiger partial charge is 0.335 e. The minimum absolute atomic E-state index is 0.476. The molecule has 2 aromatic carbocycles. The molecule has 2 heterocycles. The summed E-state index contributed by atoms with van der Waals surface area (Å²) in [5, 5.41) is 18.9. The van der Waals surface area contributed by atoms with Crippen molar-refractivity contribution in [3.63, 3.8) is 0 Å². The van der Waals surface area contributed by atoms with Crippen LogP contribution in [0.5, 0.6) is 6.01 Å².